The maximum absolute atomic E-state index is 11.1. The molecule has 0 bridgehead atoms. The van der Waals surface area contributed by atoms with Crippen molar-refractivity contribution in [1.29, 1.82) is 0 Å². The van der Waals surface area contributed by atoms with Crippen molar-refractivity contribution in [2.75, 3.05) is 26.9 Å². The average molecular weight is 285 g/mol. The number of methoxy groups -OCH3 is 1. The fraction of sp³-hybridized carbons (Fsp3) is 0.750. The van der Waals surface area contributed by atoms with E-state index in [1.165, 1.54) is 0 Å². The zero-order chi connectivity index (χ0) is 14.0. The Kier molecular flexibility index (Phi) is 9.43. The van der Waals surface area contributed by atoms with Crippen molar-refractivity contribution >= 4 is 21.1 Å². The van der Waals surface area contributed by atoms with Gasteiger partial charge in [0, 0.05) is 0 Å². The minimum atomic E-state index is -1.27. The van der Waals surface area contributed by atoms with Crippen molar-refractivity contribution in [3.8, 4) is 0 Å². The molecule has 10 heteroatoms. The molecule has 3 unspecified atom stereocenters. The molecule has 0 aromatic rings. The summed E-state index contributed by atoms with van der Waals surface area (Å²) in [5, 5.41) is 17.4. The Morgan fingerprint density at radius 3 is 2.44 bits per heavy atom. The number of rotatable bonds is 9. The monoisotopic (exact) mass is 285 g/mol. The molecule has 106 valence electrons. The number of carbonyl (C=O) groups is 2. The van der Waals surface area contributed by atoms with Crippen molar-refractivity contribution in [2.45, 2.75) is 12.2 Å². The van der Waals surface area contributed by atoms with Crippen LogP contribution < -0.4 is 5.73 Å². The van der Waals surface area contributed by atoms with E-state index < -0.39 is 39.9 Å². The molecule has 18 heavy (non-hydrogen) atoms. The van der Waals surface area contributed by atoms with Gasteiger partial charge in [0.05, 0.1) is 20.3 Å². The predicted molar refractivity (Wildman–Crippen MR) is 59.8 cm³/mol. The first-order valence-electron chi connectivity index (χ1n) is 4.82. The van der Waals surface area contributed by atoms with Gasteiger partial charge >= 0.3 is 12.1 Å². The van der Waals surface area contributed by atoms with E-state index >= 15 is 0 Å². The highest BCUT2D eigenvalue weighted by molar-refractivity contribution is 7.26. The van der Waals surface area contributed by atoms with Crippen molar-refractivity contribution in [2.24, 2.45) is 5.73 Å². The Bertz CT molecular complexity index is 263. The first kappa shape index (κ1) is 17.0. The molecule has 4 N–H and O–H groups in total. The summed E-state index contributed by atoms with van der Waals surface area (Å²) in [6.07, 6.45) is -3.40. The van der Waals surface area contributed by atoms with Crippen LogP contribution >= 0.6 is 9.03 Å². The van der Waals surface area contributed by atoms with E-state index in [0.29, 0.717) is 0 Å². The molecule has 9 nitrogen and oxygen atoms in total. The number of esters is 1. The van der Waals surface area contributed by atoms with Crippen LogP contribution in [0.2, 0.25) is 0 Å². The Labute approximate surface area is 105 Å². The second kappa shape index (κ2) is 9.98. The van der Waals surface area contributed by atoms with Crippen LogP contribution in [0.3, 0.4) is 0 Å². The van der Waals surface area contributed by atoms with Gasteiger partial charge in [-0.15, -0.1) is 0 Å². The number of amides is 1. The average Bonchev–Trinajstić information content (AvgIpc) is 2.35. The van der Waals surface area contributed by atoms with E-state index in [-0.39, 0.29) is 13.2 Å². The fourth-order valence-corrected chi connectivity index (χ4v) is 1.32. The Morgan fingerprint density at radius 1 is 1.33 bits per heavy atom. The molecule has 0 saturated heterocycles. The second-order valence-electron chi connectivity index (χ2n) is 2.99. The molecule has 0 rings (SSSR count). The van der Waals surface area contributed by atoms with Crippen molar-refractivity contribution in [3.63, 3.8) is 0 Å². The molecule has 0 aliphatic carbocycles. The van der Waals surface area contributed by atoms with E-state index in [1.54, 1.807) is 0 Å². The Hall–Kier alpha value is -0.990. The lowest BCUT2D eigenvalue weighted by atomic mass is 10.4. The summed E-state index contributed by atoms with van der Waals surface area (Å²) in [6.45, 7) is -0.835. The standard InChI is InChI=1S/C8H16NO8P/c1-14-7(12)6(17-8(9)13)4-16-18-15-3-5(11)2-10/h5-6,10-11,18H,2-4H2,1H3,(H2,9,13). The molecule has 0 aliphatic rings. The van der Waals surface area contributed by atoms with Crippen molar-refractivity contribution < 1.29 is 38.3 Å². The van der Waals surface area contributed by atoms with Crippen molar-refractivity contribution in [3.05, 3.63) is 0 Å². The zero-order valence-electron chi connectivity index (χ0n) is 9.70. The number of aliphatic hydroxyl groups is 2. The third-order valence-corrected chi connectivity index (χ3v) is 2.13. The summed E-state index contributed by atoms with van der Waals surface area (Å²) >= 11 is 0. The van der Waals surface area contributed by atoms with Crippen LogP contribution in [0.4, 0.5) is 4.79 Å². The lowest BCUT2D eigenvalue weighted by molar-refractivity contribution is -0.151. The summed E-state index contributed by atoms with van der Waals surface area (Å²) in [7, 11) is 0.622. The fourth-order valence-electron chi connectivity index (χ4n) is 0.756. The van der Waals surface area contributed by atoms with E-state index in [1.807, 2.05) is 0 Å². The van der Waals surface area contributed by atoms with Crippen LogP contribution in [0.25, 0.3) is 0 Å². The van der Waals surface area contributed by atoms with Crippen LogP contribution in [0.15, 0.2) is 0 Å². The summed E-state index contributed by atoms with van der Waals surface area (Å²) in [4.78, 5) is 21.6. The number of primary amides is 1. The summed E-state index contributed by atoms with van der Waals surface area (Å²) in [5.41, 5.74) is 4.76. The van der Waals surface area contributed by atoms with E-state index in [0.717, 1.165) is 7.11 Å². The lowest BCUT2D eigenvalue weighted by Crippen LogP contribution is -2.34. The Balaban J connectivity index is 3.83. The molecule has 0 fully saturated rings. The van der Waals surface area contributed by atoms with Gasteiger partial charge in [0.2, 0.25) is 6.10 Å². The zero-order valence-corrected chi connectivity index (χ0v) is 10.7. The molecule has 0 spiro atoms. The Morgan fingerprint density at radius 2 is 1.94 bits per heavy atom. The van der Waals surface area contributed by atoms with Gasteiger partial charge in [0.1, 0.15) is 12.7 Å². The SMILES string of the molecule is COC(=O)C(COPOCC(O)CO)OC(N)=O. The molecular weight excluding hydrogens is 269 g/mol. The molecule has 0 saturated carbocycles. The summed E-state index contributed by atoms with van der Waals surface area (Å²) in [6, 6.07) is 0. The molecule has 1 amide bonds. The molecule has 0 aromatic carbocycles. The van der Waals surface area contributed by atoms with Crippen molar-refractivity contribution in [1.82, 2.24) is 0 Å². The summed E-state index contributed by atoms with van der Waals surface area (Å²) in [5.74, 6) is -0.811. The van der Waals surface area contributed by atoms with Crippen LogP contribution in [0.1, 0.15) is 0 Å². The molecular formula is C8H16NO8P. The number of hydrogen-bond donors (Lipinski definition) is 3. The minimum Gasteiger partial charge on any atom is -0.466 e. The maximum Gasteiger partial charge on any atom is 0.405 e. The van der Waals surface area contributed by atoms with Crippen LogP contribution in [0.5, 0.6) is 0 Å². The quantitative estimate of drug-likeness (QED) is 0.265. The number of aliphatic hydroxyl groups excluding tert-OH is 2. The first-order chi connectivity index (χ1) is 8.51. The largest absolute Gasteiger partial charge is 0.466 e. The third-order valence-electron chi connectivity index (χ3n) is 1.56. The van der Waals surface area contributed by atoms with Gasteiger partial charge in [-0.1, -0.05) is 0 Å². The minimum absolute atomic E-state index is 0.117. The van der Waals surface area contributed by atoms with Gasteiger partial charge < -0.3 is 34.5 Å². The molecule has 0 heterocycles. The molecule has 0 radical (unpaired) electrons. The summed E-state index contributed by atoms with van der Waals surface area (Å²) < 4.78 is 18.5. The highest BCUT2D eigenvalue weighted by Gasteiger charge is 2.23. The van der Waals surface area contributed by atoms with Gasteiger partial charge in [-0.3, -0.25) is 0 Å². The van der Waals surface area contributed by atoms with Gasteiger partial charge in [-0.25, -0.2) is 9.59 Å². The number of carbonyl (C=O) groups excluding carboxylic acids is 2. The van der Waals surface area contributed by atoms with Crippen LogP contribution in [-0.4, -0.2) is 61.4 Å². The smallest absolute Gasteiger partial charge is 0.405 e. The number of nitrogens with two attached hydrogens (primary N) is 1. The topological polar surface area (TPSA) is 138 Å². The van der Waals surface area contributed by atoms with E-state index in [2.05, 4.69) is 9.47 Å². The van der Waals surface area contributed by atoms with Gasteiger partial charge in [-0.05, 0) is 0 Å². The van der Waals surface area contributed by atoms with E-state index in [9.17, 15) is 9.59 Å². The van der Waals surface area contributed by atoms with Gasteiger partial charge in [0.15, 0.2) is 9.03 Å². The first-order valence-corrected chi connectivity index (χ1v) is 5.64. The number of hydrogen-bond acceptors (Lipinski definition) is 8. The van der Waals surface area contributed by atoms with Crippen LogP contribution in [0, 0.1) is 0 Å². The predicted octanol–water partition coefficient (Wildman–Crippen LogP) is -1.48. The van der Waals surface area contributed by atoms with Gasteiger partial charge in [0.25, 0.3) is 0 Å². The van der Waals surface area contributed by atoms with Gasteiger partial charge in [-0.2, -0.15) is 0 Å². The lowest BCUT2D eigenvalue weighted by Gasteiger charge is -2.14. The second-order valence-corrected chi connectivity index (χ2v) is 3.73. The molecule has 0 aromatic heterocycles. The van der Waals surface area contributed by atoms with Crippen LogP contribution in [-0.2, 0) is 23.3 Å². The highest BCUT2D eigenvalue weighted by Crippen LogP contribution is 2.15. The highest BCUT2D eigenvalue weighted by atomic mass is 31.1. The third kappa shape index (κ3) is 8.15. The number of ether oxygens (including phenoxy) is 2. The molecule has 3 atom stereocenters. The maximum atomic E-state index is 11.1. The normalized spacial score (nSPS) is 14.4. The van der Waals surface area contributed by atoms with E-state index in [4.69, 9.17) is 25.0 Å². The molecule has 0 aliphatic heterocycles.